The predicted molar refractivity (Wildman–Crippen MR) is 118 cm³/mol. The molecule has 0 bridgehead atoms. The Morgan fingerprint density at radius 2 is 1.53 bits per heavy atom. The largest absolute Gasteiger partial charge is 0.750 e. The molecule has 0 fully saturated rings. The molecule has 0 aliphatic carbocycles. The highest BCUT2D eigenvalue weighted by atomic mass is 32.3. The molecule has 9 nitrogen and oxygen atoms in total. The van der Waals surface area contributed by atoms with E-state index in [0.717, 1.165) is 5.56 Å². The smallest absolute Gasteiger partial charge is 0.152 e. The zero-order valence-corrected chi connectivity index (χ0v) is 18.1. The van der Waals surface area contributed by atoms with Crippen molar-refractivity contribution in [3.8, 4) is 5.75 Å². The van der Waals surface area contributed by atoms with E-state index in [2.05, 4.69) is 10.2 Å². The van der Waals surface area contributed by atoms with Crippen molar-refractivity contribution in [3.05, 3.63) is 60.2 Å². The van der Waals surface area contributed by atoms with Crippen LogP contribution in [-0.2, 0) is 11.4 Å². The molecule has 30 heavy (non-hydrogen) atoms. The molecule has 0 heterocycles. The number of hydrogen-bond donors (Lipinski definition) is 5. The summed E-state index contributed by atoms with van der Waals surface area (Å²) >= 11 is -2.86. The molecule has 0 saturated carbocycles. The van der Waals surface area contributed by atoms with Gasteiger partial charge in [0.05, 0.1) is 21.9 Å². The zero-order chi connectivity index (χ0) is 22.9. The fourth-order valence-electron chi connectivity index (χ4n) is 2.49. The first-order chi connectivity index (χ1) is 14.1. The fraction of sp³-hybridized carbons (Fsp3) is 0.158. The predicted octanol–water partition coefficient (Wildman–Crippen LogP) is 6.22. The van der Waals surface area contributed by atoms with E-state index in [9.17, 15) is 18.8 Å². The number of nitrogens with zero attached hydrogens (tertiary/aromatic N) is 2. The van der Waals surface area contributed by atoms with E-state index in [1.54, 1.807) is 36.4 Å². The summed E-state index contributed by atoms with van der Waals surface area (Å²) in [4.78, 5) is -0.266. The van der Waals surface area contributed by atoms with Crippen LogP contribution < -0.4 is 0 Å². The minimum absolute atomic E-state index is 0.164. The maximum atomic E-state index is 10.6. The third-order valence-electron chi connectivity index (χ3n) is 3.60. The van der Waals surface area contributed by atoms with Gasteiger partial charge in [-0.1, -0.05) is 50.2 Å². The van der Waals surface area contributed by atoms with Crippen LogP contribution in [0.2, 0.25) is 0 Å². The molecule has 0 saturated heterocycles. The summed E-state index contributed by atoms with van der Waals surface area (Å²) in [6.07, 6.45) is 0. The third kappa shape index (κ3) is 7.15. The lowest BCUT2D eigenvalue weighted by Crippen LogP contribution is -1.97. The minimum atomic E-state index is -4.08. The topological polar surface area (TPSA) is 166 Å². The summed E-state index contributed by atoms with van der Waals surface area (Å²) in [5, 5.41) is 19.6. The first-order valence-electron chi connectivity index (χ1n) is 8.62. The Balaban J connectivity index is 0.000000673. The Kier molecular flexibility index (Phi) is 10.0. The fourth-order valence-corrected chi connectivity index (χ4v) is 3.17. The van der Waals surface area contributed by atoms with Crippen LogP contribution in [0, 0.1) is 6.92 Å². The Bertz CT molecular complexity index is 1020. The second-order valence-electron chi connectivity index (χ2n) is 5.52. The van der Waals surface area contributed by atoms with Crippen LogP contribution in [0.15, 0.2) is 69.7 Å². The summed E-state index contributed by atoms with van der Waals surface area (Å²) in [5.74, 6) is -0.255. The monoisotopic (exact) mass is 455 g/mol. The Labute approximate surface area is 178 Å². The first kappa shape index (κ1) is 25.7. The number of phenolic OH excluding ortho intramolecular Hbond substituents is 1. The van der Waals surface area contributed by atoms with Crippen molar-refractivity contribution in [1.82, 2.24) is 0 Å². The molecule has 0 aliphatic heterocycles. The maximum absolute atomic E-state index is 10.6. The van der Waals surface area contributed by atoms with Gasteiger partial charge in [0.2, 0.25) is 0 Å². The van der Waals surface area contributed by atoms with Crippen LogP contribution in [0.3, 0.4) is 0 Å². The lowest BCUT2D eigenvalue weighted by Gasteiger charge is -2.22. The van der Waals surface area contributed by atoms with Gasteiger partial charge < -0.3 is 27.9 Å². The average Bonchev–Trinajstić information content (AvgIpc) is 2.68. The van der Waals surface area contributed by atoms with Crippen LogP contribution in [0.1, 0.15) is 19.4 Å². The van der Waals surface area contributed by atoms with E-state index in [4.69, 9.17) is 13.3 Å². The van der Waals surface area contributed by atoms with Crippen LogP contribution in [0.4, 0.5) is 11.4 Å². The number of azo groups is 1. The lowest BCUT2D eigenvalue weighted by molar-refractivity contribution is 0.375. The van der Waals surface area contributed by atoms with Crippen molar-refractivity contribution >= 4 is 44.4 Å². The average molecular weight is 456 g/mol. The summed E-state index contributed by atoms with van der Waals surface area (Å²) in [7, 11) is -4.08. The maximum Gasteiger partial charge on any atom is 0.152 e. The number of aryl methyl sites for hydroxylation is 1. The standard InChI is InChI=1S/C17H16N2O4S.C2H6.H2O3S/c1-11-6-5-7-12-10-14(24(21,22)23)16(17(20)15(11)12)19-18-13-8-3-2-4-9-13;1-2;1-4(2)3/h2-10,20-23H,1H3;1-2H3;(H2,1,2,3)/p-1. The van der Waals surface area contributed by atoms with Gasteiger partial charge in [-0.15, -0.1) is 5.11 Å². The number of phenols is 1. The van der Waals surface area contributed by atoms with Crippen molar-refractivity contribution in [2.45, 2.75) is 25.7 Å². The molecule has 11 heteroatoms. The molecule has 1 unspecified atom stereocenters. The van der Waals surface area contributed by atoms with Gasteiger partial charge in [-0.3, -0.25) is 0 Å². The molecule has 3 aromatic carbocycles. The van der Waals surface area contributed by atoms with Crippen molar-refractivity contribution in [1.29, 1.82) is 0 Å². The molecule has 1 atom stereocenters. The van der Waals surface area contributed by atoms with Crippen molar-refractivity contribution in [2.75, 3.05) is 0 Å². The highest BCUT2D eigenvalue weighted by Gasteiger charge is 2.25. The second kappa shape index (κ2) is 11.7. The van der Waals surface area contributed by atoms with Crippen LogP contribution in [-0.4, -0.2) is 32.1 Å². The molecule has 164 valence electrons. The third-order valence-corrected chi connectivity index (χ3v) is 4.50. The van der Waals surface area contributed by atoms with Gasteiger partial charge in [0, 0.05) is 5.39 Å². The molecular formula is C19H23N2O7S2-. The van der Waals surface area contributed by atoms with Gasteiger partial charge in [-0.2, -0.15) is 5.11 Å². The van der Waals surface area contributed by atoms with E-state index in [1.807, 2.05) is 32.9 Å². The van der Waals surface area contributed by atoms with Gasteiger partial charge in [-0.25, -0.2) is 4.21 Å². The van der Waals surface area contributed by atoms with E-state index in [0.29, 0.717) is 16.5 Å². The van der Waals surface area contributed by atoms with E-state index >= 15 is 0 Å². The normalized spacial score (nSPS) is 12.5. The highest BCUT2D eigenvalue weighted by molar-refractivity contribution is 8.19. The summed E-state index contributed by atoms with van der Waals surface area (Å²) in [6.45, 7) is 5.82. The number of aromatic hydroxyl groups is 1. The van der Waals surface area contributed by atoms with Crippen LogP contribution in [0.5, 0.6) is 5.75 Å². The Morgan fingerprint density at radius 1 is 0.967 bits per heavy atom. The number of fused-ring (bicyclic) bond motifs is 1. The lowest BCUT2D eigenvalue weighted by atomic mass is 10.0. The van der Waals surface area contributed by atoms with Crippen molar-refractivity contribution in [3.63, 3.8) is 0 Å². The van der Waals surface area contributed by atoms with Gasteiger partial charge in [0.1, 0.15) is 16.6 Å². The van der Waals surface area contributed by atoms with Gasteiger partial charge >= 0.3 is 0 Å². The number of rotatable bonds is 3. The zero-order valence-electron chi connectivity index (χ0n) is 16.5. The van der Waals surface area contributed by atoms with Gasteiger partial charge in [0.25, 0.3) is 0 Å². The van der Waals surface area contributed by atoms with Gasteiger partial charge in [-0.05, 0) is 36.1 Å². The van der Waals surface area contributed by atoms with Crippen LogP contribution >= 0.6 is 10.9 Å². The molecule has 3 aromatic rings. The minimum Gasteiger partial charge on any atom is -0.750 e. The molecular weight excluding hydrogens is 432 g/mol. The molecule has 0 aromatic heterocycles. The van der Waals surface area contributed by atoms with Crippen LogP contribution in [0.25, 0.3) is 10.8 Å². The molecule has 0 aliphatic rings. The highest BCUT2D eigenvalue weighted by Crippen LogP contribution is 2.54. The quantitative estimate of drug-likeness (QED) is 0.231. The molecule has 0 radical (unpaired) electrons. The summed E-state index contributed by atoms with van der Waals surface area (Å²) in [5.41, 5.74) is 1.16. The first-order valence-corrected chi connectivity index (χ1v) is 11.2. The van der Waals surface area contributed by atoms with Crippen molar-refractivity contribution < 1.29 is 32.1 Å². The van der Waals surface area contributed by atoms with E-state index < -0.39 is 22.2 Å². The Hall–Kier alpha value is -2.38. The molecule has 0 amide bonds. The molecule has 3 rings (SSSR count). The molecule has 0 spiro atoms. The van der Waals surface area contributed by atoms with E-state index in [-0.39, 0.29) is 16.3 Å². The Morgan fingerprint density at radius 3 is 2.07 bits per heavy atom. The second-order valence-corrected chi connectivity index (χ2v) is 7.43. The summed E-state index contributed by atoms with van der Waals surface area (Å²) < 4.78 is 53.2. The number of hydrogen-bond acceptors (Lipinski definition) is 8. The molecule has 5 N–H and O–H groups in total. The van der Waals surface area contributed by atoms with Gasteiger partial charge in [0.15, 0.2) is 5.75 Å². The summed E-state index contributed by atoms with van der Waals surface area (Å²) in [6, 6.07) is 15.5. The SMILES string of the molecule is CC.Cc1cccc2cc(S(O)(O)O)c(N=Nc3ccccc3)c(O)c12.O=S([O-])O. The van der Waals surface area contributed by atoms with E-state index in [1.165, 1.54) is 6.07 Å². The number of benzene rings is 3. The van der Waals surface area contributed by atoms with Crippen molar-refractivity contribution in [2.24, 2.45) is 10.2 Å².